The average molecular weight is 272 g/mol. The van der Waals surface area contributed by atoms with Gasteiger partial charge in [-0.05, 0) is 37.0 Å². The van der Waals surface area contributed by atoms with E-state index in [0.717, 1.165) is 23.1 Å². The number of carbonyl (C=O) groups is 1. The zero-order valence-corrected chi connectivity index (χ0v) is 12.0. The number of hydrogen-bond donors (Lipinski definition) is 1. The first-order chi connectivity index (χ1) is 9.52. The zero-order valence-electron chi connectivity index (χ0n) is 12.0. The van der Waals surface area contributed by atoms with Crippen LogP contribution in [0.1, 0.15) is 25.3 Å². The number of phenolic OH excluding ortho intramolecular Hbond substituents is 1. The van der Waals surface area contributed by atoms with Crippen molar-refractivity contribution < 1.29 is 14.6 Å². The maximum atomic E-state index is 11.8. The summed E-state index contributed by atoms with van der Waals surface area (Å²) in [5.41, 5.74) is 2.54. The molecule has 1 aromatic rings. The van der Waals surface area contributed by atoms with Crippen molar-refractivity contribution in [1.82, 2.24) is 0 Å². The molecule has 1 atom stereocenters. The van der Waals surface area contributed by atoms with E-state index in [-0.39, 0.29) is 17.5 Å². The molecule has 0 aromatic heterocycles. The molecule has 0 saturated carbocycles. The van der Waals surface area contributed by atoms with Crippen LogP contribution in [0.4, 0.5) is 0 Å². The van der Waals surface area contributed by atoms with Crippen LogP contribution in [-0.4, -0.2) is 18.0 Å². The third-order valence-electron chi connectivity index (χ3n) is 3.89. The Hall–Kier alpha value is -2.03. The van der Waals surface area contributed by atoms with Crippen molar-refractivity contribution in [3.8, 4) is 11.5 Å². The van der Waals surface area contributed by atoms with Crippen molar-refractivity contribution in [2.75, 3.05) is 7.11 Å². The minimum atomic E-state index is 0.149. The SMILES string of the molecule is C=C(Cc1c(O)cccc1OC)[C@@H]1CC=C(C)C(=O)C1. The predicted molar refractivity (Wildman–Crippen MR) is 79.0 cm³/mol. The van der Waals surface area contributed by atoms with Crippen molar-refractivity contribution in [2.24, 2.45) is 5.92 Å². The van der Waals surface area contributed by atoms with E-state index in [1.807, 2.05) is 19.1 Å². The number of methoxy groups -OCH3 is 1. The van der Waals surface area contributed by atoms with Crippen LogP contribution in [0.25, 0.3) is 0 Å². The highest BCUT2D eigenvalue weighted by atomic mass is 16.5. The Balaban J connectivity index is 2.15. The third-order valence-corrected chi connectivity index (χ3v) is 3.89. The normalized spacial score (nSPS) is 18.6. The molecule has 0 bridgehead atoms. The van der Waals surface area contributed by atoms with Gasteiger partial charge in [-0.15, -0.1) is 0 Å². The fourth-order valence-electron chi connectivity index (χ4n) is 2.51. The van der Waals surface area contributed by atoms with Gasteiger partial charge in [0.2, 0.25) is 0 Å². The summed E-state index contributed by atoms with van der Waals surface area (Å²) in [4.78, 5) is 11.8. The number of benzene rings is 1. The fourth-order valence-corrected chi connectivity index (χ4v) is 2.51. The van der Waals surface area contributed by atoms with Gasteiger partial charge in [-0.25, -0.2) is 0 Å². The molecule has 20 heavy (non-hydrogen) atoms. The Morgan fingerprint density at radius 1 is 1.50 bits per heavy atom. The van der Waals surface area contributed by atoms with E-state index in [4.69, 9.17) is 4.74 Å². The monoisotopic (exact) mass is 272 g/mol. The van der Waals surface area contributed by atoms with Gasteiger partial charge in [-0.2, -0.15) is 0 Å². The largest absolute Gasteiger partial charge is 0.508 e. The summed E-state index contributed by atoms with van der Waals surface area (Å²) in [7, 11) is 1.58. The molecule has 0 unspecified atom stereocenters. The quantitative estimate of drug-likeness (QED) is 0.854. The molecule has 3 heteroatoms. The van der Waals surface area contributed by atoms with Gasteiger partial charge in [0.1, 0.15) is 11.5 Å². The molecular weight excluding hydrogens is 252 g/mol. The van der Waals surface area contributed by atoms with E-state index in [0.29, 0.717) is 18.6 Å². The number of ketones is 1. The van der Waals surface area contributed by atoms with Crippen LogP contribution in [0.3, 0.4) is 0 Å². The van der Waals surface area contributed by atoms with Crippen LogP contribution >= 0.6 is 0 Å². The van der Waals surface area contributed by atoms with Crippen molar-refractivity contribution in [2.45, 2.75) is 26.2 Å². The van der Waals surface area contributed by atoms with Crippen LogP contribution in [0.15, 0.2) is 42.0 Å². The number of ether oxygens (including phenoxy) is 1. The third kappa shape index (κ3) is 2.93. The zero-order chi connectivity index (χ0) is 14.7. The van der Waals surface area contributed by atoms with Crippen molar-refractivity contribution in [3.63, 3.8) is 0 Å². The highest BCUT2D eigenvalue weighted by Gasteiger charge is 2.23. The summed E-state index contributed by atoms with van der Waals surface area (Å²) in [6, 6.07) is 5.20. The highest BCUT2D eigenvalue weighted by Crippen LogP contribution is 2.34. The van der Waals surface area contributed by atoms with Gasteiger partial charge in [0.15, 0.2) is 5.78 Å². The molecule has 0 amide bonds. The number of rotatable bonds is 4. The van der Waals surface area contributed by atoms with Gasteiger partial charge < -0.3 is 9.84 Å². The van der Waals surface area contributed by atoms with Gasteiger partial charge in [-0.3, -0.25) is 4.79 Å². The molecule has 2 rings (SSSR count). The summed E-state index contributed by atoms with van der Waals surface area (Å²) in [5, 5.41) is 9.96. The lowest BCUT2D eigenvalue weighted by atomic mass is 9.82. The maximum Gasteiger partial charge on any atom is 0.158 e. The topological polar surface area (TPSA) is 46.5 Å². The summed E-state index contributed by atoms with van der Waals surface area (Å²) >= 11 is 0. The molecule has 1 aliphatic carbocycles. The Morgan fingerprint density at radius 2 is 2.25 bits per heavy atom. The fraction of sp³-hybridized carbons (Fsp3) is 0.353. The minimum absolute atomic E-state index is 0.149. The molecule has 1 aromatic carbocycles. The van der Waals surface area contributed by atoms with E-state index in [1.54, 1.807) is 19.2 Å². The molecule has 0 saturated heterocycles. The molecule has 0 heterocycles. The lowest BCUT2D eigenvalue weighted by Gasteiger charge is -2.22. The minimum Gasteiger partial charge on any atom is -0.508 e. The van der Waals surface area contributed by atoms with Crippen LogP contribution < -0.4 is 4.74 Å². The standard InChI is InChI=1S/C17H20O3/c1-11-7-8-13(10-16(11)19)12(2)9-14-15(18)5-4-6-17(14)20-3/h4-7,13,18H,2,8-10H2,1,3H3/t13-/m1/s1. The first-order valence-corrected chi connectivity index (χ1v) is 6.75. The highest BCUT2D eigenvalue weighted by molar-refractivity contribution is 5.95. The van der Waals surface area contributed by atoms with E-state index < -0.39 is 0 Å². The molecule has 0 radical (unpaired) electrons. The first kappa shape index (κ1) is 14.4. The van der Waals surface area contributed by atoms with E-state index in [9.17, 15) is 9.90 Å². The summed E-state index contributed by atoms with van der Waals surface area (Å²) in [5.74, 6) is 1.20. The average Bonchev–Trinajstić information content (AvgIpc) is 2.44. The summed E-state index contributed by atoms with van der Waals surface area (Å²) in [6.45, 7) is 5.96. The van der Waals surface area contributed by atoms with Gasteiger partial charge in [-0.1, -0.05) is 24.3 Å². The van der Waals surface area contributed by atoms with Gasteiger partial charge >= 0.3 is 0 Å². The maximum absolute atomic E-state index is 11.8. The van der Waals surface area contributed by atoms with Crippen LogP contribution in [-0.2, 0) is 11.2 Å². The number of carbonyl (C=O) groups excluding carboxylic acids is 1. The number of Topliss-reactive ketones (excluding diaryl/α,β-unsaturated/α-hetero) is 1. The van der Waals surface area contributed by atoms with Crippen molar-refractivity contribution >= 4 is 5.78 Å². The van der Waals surface area contributed by atoms with E-state index in [1.165, 1.54) is 0 Å². The second-order valence-corrected chi connectivity index (χ2v) is 5.24. The molecular formula is C17H20O3. The number of aromatic hydroxyl groups is 1. The smallest absolute Gasteiger partial charge is 0.158 e. The van der Waals surface area contributed by atoms with Gasteiger partial charge in [0.25, 0.3) is 0 Å². The van der Waals surface area contributed by atoms with E-state index in [2.05, 4.69) is 6.58 Å². The van der Waals surface area contributed by atoms with Gasteiger partial charge in [0.05, 0.1) is 7.11 Å². The lowest BCUT2D eigenvalue weighted by molar-refractivity contribution is -0.116. The summed E-state index contributed by atoms with van der Waals surface area (Å²) in [6.07, 6.45) is 3.85. The molecule has 1 aliphatic rings. The Bertz CT molecular complexity index is 570. The molecule has 1 N–H and O–H groups in total. The first-order valence-electron chi connectivity index (χ1n) is 6.75. The van der Waals surface area contributed by atoms with Crippen LogP contribution in [0.2, 0.25) is 0 Å². The number of allylic oxidation sites excluding steroid dienone is 3. The second-order valence-electron chi connectivity index (χ2n) is 5.24. The Morgan fingerprint density at radius 3 is 2.90 bits per heavy atom. The van der Waals surface area contributed by atoms with Gasteiger partial charge in [0, 0.05) is 18.4 Å². The summed E-state index contributed by atoms with van der Waals surface area (Å²) < 4.78 is 5.27. The van der Waals surface area contributed by atoms with Crippen molar-refractivity contribution in [1.29, 1.82) is 0 Å². The van der Waals surface area contributed by atoms with Crippen molar-refractivity contribution in [3.05, 3.63) is 47.6 Å². The molecule has 106 valence electrons. The molecule has 0 spiro atoms. The Labute approximate surface area is 119 Å². The van der Waals surface area contributed by atoms with Crippen LogP contribution in [0.5, 0.6) is 11.5 Å². The second kappa shape index (κ2) is 5.95. The Kier molecular flexibility index (Phi) is 4.28. The molecule has 0 fully saturated rings. The predicted octanol–water partition coefficient (Wildman–Crippen LogP) is 3.42. The molecule has 0 aliphatic heterocycles. The lowest BCUT2D eigenvalue weighted by Crippen LogP contribution is -2.17. The van der Waals surface area contributed by atoms with Crippen LogP contribution in [0, 0.1) is 5.92 Å². The number of hydrogen-bond acceptors (Lipinski definition) is 3. The molecule has 3 nitrogen and oxygen atoms in total. The van der Waals surface area contributed by atoms with E-state index >= 15 is 0 Å². The number of phenols is 1.